The van der Waals surface area contributed by atoms with E-state index < -0.39 is 0 Å². The molecule has 20 heavy (non-hydrogen) atoms. The van der Waals surface area contributed by atoms with Crippen LogP contribution < -0.4 is 0 Å². The molecule has 0 bridgehead atoms. The number of halogens is 2. The second-order valence-corrected chi connectivity index (χ2v) is 6.47. The summed E-state index contributed by atoms with van der Waals surface area (Å²) < 4.78 is 3.32. The van der Waals surface area contributed by atoms with Gasteiger partial charge in [0, 0.05) is 17.6 Å². The Hall–Kier alpha value is -0.580. The van der Waals surface area contributed by atoms with E-state index in [-0.39, 0.29) is 5.38 Å². The summed E-state index contributed by atoms with van der Waals surface area (Å²) in [6, 6.07) is 6.18. The van der Waals surface area contributed by atoms with Crippen LogP contribution in [0.5, 0.6) is 0 Å². The van der Waals surface area contributed by atoms with Crippen molar-refractivity contribution < 1.29 is 0 Å². The minimum atomic E-state index is -0.0853. The molecule has 0 aliphatic carbocycles. The van der Waals surface area contributed by atoms with Gasteiger partial charge in [-0.25, -0.2) is 4.98 Å². The molecule has 0 amide bonds. The minimum Gasteiger partial charge on any atom is -0.325 e. The molecule has 1 unspecified atom stereocenters. The Morgan fingerprint density at radius 1 is 1.35 bits per heavy atom. The molecule has 2 rings (SSSR count). The Labute approximate surface area is 134 Å². The molecule has 1 heterocycles. The van der Waals surface area contributed by atoms with E-state index in [1.165, 1.54) is 0 Å². The van der Waals surface area contributed by atoms with Crippen LogP contribution in [0.15, 0.2) is 22.7 Å². The van der Waals surface area contributed by atoms with Crippen LogP contribution in [0.3, 0.4) is 0 Å². The fraction of sp³-hybridized carbons (Fsp3) is 0.533. The van der Waals surface area contributed by atoms with Gasteiger partial charge in [-0.1, -0.05) is 29.8 Å². The topological polar surface area (TPSA) is 21.1 Å². The van der Waals surface area contributed by atoms with Crippen LogP contribution in [-0.2, 0) is 6.54 Å². The Morgan fingerprint density at radius 2 is 2.05 bits per heavy atom. The summed E-state index contributed by atoms with van der Waals surface area (Å²) in [7, 11) is 0. The highest BCUT2D eigenvalue weighted by Gasteiger charge is 2.15. The summed E-state index contributed by atoms with van der Waals surface area (Å²) in [5.74, 6) is 0.951. The zero-order chi connectivity index (χ0) is 14.7. The Morgan fingerprint density at radius 3 is 2.65 bits per heavy atom. The third kappa shape index (κ3) is 3.35. The fourth-order valence-electron chi connectivity index (χ4n) is 2.43. The van der Waals surface area contributed by atoms with Gasteiger partial charge in [0.2, 0.25) is 0 Å². The molecule has 110 valence electrons. The lowest BCUT2D eigenvalue weighted by Gasteiger charge is -2.19. The first-order valence-corrected chi connectivity index (χ1v) is 8.31. The smallest absolute Gasteiger partial charge is 0.127 e. The predicted molar refractivity (Wildman–Crippen MR) is 89.5 cm³/mol. The maximum atomic E-state index is 6.29. The lowest BCUT2D eigenvalue weighted by atomic mass is 10.3. The Bertz CT molecular complexity index is 576. The van der Waals surface area contributed by atoms with Gasteiger partial charge in [-0.05, 0) is 38.2 Å². The second kappa shape index (κ2) is 6.92. The molecule has 0 saturated carbocycles. The minimum absolute atomic E-state index is 0.0853. The van der Waals surface area contributed by atoms with Gasteiger partial charge in [-0.15, -0.1) is 11.6 Å². The van der Waals surface area contributed by atoms with Crippen LogP contribution in [0.4, 0.5) is 0 Å². The third-order valence-electron chi connectivity index (χ3n) is 3.63. The maximum Gasteiger partial charge on any atom is 0.127 e. The van der Waals surface area contributed by atoms with Gasteiger partial charge >= 0.3 is 0 Å². The quantitative estimate of drug-likeness (QED) is 0.712. The summed E-state index contributed by atoms with van der Waals surface area (Å²) in [5.41, 5.74) is 2.16. The van der Waals surface area contributed by atoms with E-state index in [2.05, 4.69) is 50.3 Å². The van der Waals surface area contributed by atoms with Crippen molar-refractivity contribution in [3.05, 3.63) is 28.5 Å². The highest BCUT2D eigenvalue weighted by Crippen LogP contribution is 2.26. The van der Waals surface area contributed by atoms with E-state index in [0.717, 1.165) is 47.5 Å². The highest BCUT2D eigenvalue weighted by atomic mass is 79.9. The number of benzene rings is 1. The number of hydrogen-bond donors (Lipinski definition) is 0. The number of aromatic nitrogens is 2. The third-order valence-corrected chi connectivity index (χ3v) is 4.32. The Kier molecular flexibility index (Phi) is 5.47. The predicted octanol–water partition coefficient (Wildman–Crippen LogP) is 4.44. The van der Waals surface area contributed by atoms with Crippen LogP contribution in [0, 0.1) is 0 Å². The van der Waals surface area contributed by atoms with Gasteiger partial charge in [0.1, 0.15) is 5.82 Å². The molecule has 0 aliphatic heterocycles. The summed E-state index contributed by atoms with van der Waals surface area (Å²) in [4.78, 5) is 7.08. The number of likely N-dealkylation sites (N-methyl/N-ethyl adjacent to an activating group) is 1. The van der Waals surface area contributed by atoms with Crippen LogP contribution in [-0.4, -0.2) is 34.1 Å². The van der Waals surface area contributed by atoms with Crippen molar-refractivity contribution in [2.24, 2.45) is 0 Å². The number of nitrogens with zero attached hydrogens (tertiary/aromatic N) is 3. The van der Waals surface area contributed by atoms with Crippen molar-refractivity contribution in [1.82, 2.24) is 14.5 Å². The van der Waals surface area contributed by atoms with E-state index in [1.54, 1.807) is 0 Å². The van der Waals surface area contributed by atoms with Crippen molar-refractivity contribution in [3.63, 3.8) is 0 Å². The van der Waals surface area contributed by atoms with E-state index in [4.69, 9.17) is 11.6 Å². The van der Waals surface area contributed by atoms with Crippen LogP contribution in [0.2, 0.25) is 0 Å². The molecule has 1 aromatic carbocycles. The van der Waals surface area contributed by atoms with Crippen LogP contribution in [0.25, 0.3) is 11.0 Å². The molecule has 0 radical (unpaired) electrons. The monoisotopic (exact) mass is 357 g/mol. The first-order valence-electron chi connectivity index (χ1n) is 7.08. The number of rotatable bonds is 6. The van der Waals surface area contributed by atoms with E-state index in [9.17, 15) is 0 Å². The zero-order valence-electron chi connectivity index (χ0n) is 12.2. The number of fused-ring (bicyclic) bond motifs is 1. The van der Waals surface area contributed by atoms with Crippen molar-refractivity contribution in [2.45, 2.75) is 32.7 Å². The first kappa shape index (κ1) is 15.8. The van der Waals surface area contributed by atoms with Crippen molar-refractivity contribution in [3.8, 4) is 0 Å². The van der Waals surface area contributed by atoms with Crippen molar-refractivity contribution in [2.75, 3.05) is 19.6 Å². The normalized spacial score (nSPS) is 13.3. The lowest BCUT2D eigenvalue weighted by Crippen LogP contribution is -2.27. The standard InChI is InChI=1S/C15H21BrClN3/c1-4-19(5-2)8-9-20-14-10-12(16)6-7-13(14)18-15(20)11(3)17/h6-7,10-11H,4-5,8-9H2,1-3H3. The molecule has 1 atom stereocenters. The van der Waals surface area contributed by atoms with Gasteiger partial charge in [-0.2, -0.15) is 0 Å². The Balaban J connectivity index is 2.37. The highest BCUT2D eigenvalue weighted by molar-refractivity contribution is 9.10. The maximum absolute atomic E-state index is 6.29. The summed E-state index contributed by atoms with van der Waals surface area (Å²) >= 11 is 9.83. The molecule has 0 N–H and O–H groups in total. The number of hydrogen-bond acceptors (Lipinski definition) is 2. The average Bonchev–Trinajstić information content (AvgIpc) is 2.78. The summed E-state index contributed by atoms with van der Waals surface area (Å²) in [5, 5.41) is -0.0853. The SMILES string of the molecule is CCN(CC)CCn1c(C(C)Cl)nc2ccc(Br)cc21. The lowest BCUT2D eigenvalue weighted by molar-refractivity contribution is 0.290. The summed E-state index contributed by atoms with van der Waals surface area (Å²) in [6.45, 7) is 10.4. The molecular weight excluding hydrogens is 338 g/mol. The zero-order valence-corrected chi connectivity index (χ0v) is 14.6. The molecule has 0 fully saturated rings. The average molecular weight is 359 g/mol. The van der Waals surface area contributed by atoms with Crippen molar-refractivity contribution >= 4 is 38.6 Å². The van der Waals surface area contributed by atoms with Gasteiger partial charge in [0.25, 0.3) is 0 Å². The first-order chi connectivity index (χ1) is 9.56. The van der Waals surface area contributed by atoms with Crippen LogP contribution in [0.1, 0.15) is 32.0 Å². The fourth-order valence-corrected chi connectivity index (χ4v) is 2.95. The molecular formula is C15H21BrClN3. The molecule has 0 spiro atoms. The second-order valence-electron chi connectivity index (χ2n) is 4.90. The molecule has 5 heteroatoms. The molecule has 0 aliphatic rings. The number of alkyl halides is 1. The van der Waals surface area contributed by atoms with Crippen molar-refractivity contribution in [1.29, 1.82) is 0 Å². The summed E-state index contributed by atoms with van der Waals surface area (Å²) in [6.07, 6.45) is 0. The van der Waals surface area contributed by atoms with Gasteiger partial charge in [0.05, 0.1) is 16.4 Å². The van der Waals surface area contributed by atoms with Crippen LogP contribution >= 0.6 is 27.5 Å². The van der Waals surface area contributed by atoms with Gasteiger partial charge in [-0.3, -0.25) is 0 Å². The molecule has 1 aromatic heterocycles. The van der Waals surface area contributed by atoms with E-state index in [1.807, 2.05) is 19.1 Å². The molecule has 0 saturated heterocycles. The molecule has 3 nitrogen and oxygen atoms in total. The number of imidazole rings is 1. The van der Waals surface area contributed by atoms with Gasteiger partial charge < -0.3 is 9.47 Å². The van der Waals surface area contributed by atoms with E-state index in [0.29, 0.717) is 0 Å². The van der Waals surface area contributed by atoms with Gasteiger partial charge in [0.15, 0.2) is 0 Å². The molecule has 2 aromatic rings. The van der Waals surface area contributed by atoms with E-state index >= 15 is 0 Å². The largest absolute Gasteiger partial charge is 0.325 e.